The van der Waals surface area contributed by atoms with Crippen molar-refractivity contribution in [2.24, 2.45) is 5.92 Å². The number of ether oxygens (including phenoxy) is 2. The molecule has 0 saturated carbocycles. The van der Waals surface area contributed by atoms with Crippen LogP contribution >= 0.6 is 0 Å². The zero-order valence-electron chi connectivity index (χ0n) is 10.9. The number of hydrogen-bond acceptors (Lipinski definition) is 4. The number of methoxy groups -OCH3 is 2. The van der Waals surface area contributed by atoms with E-state index in [1.54, 1.807) is 18.2 Å². The minimum Gasteiger partial charge on any atom is -0.500 e. The molecule has 0 spiro atoms. The summed E-state index contributed by atoms with van der Waals surface area (Å²) >= 11 is 0. The average molecular weight is 260 g/mol. The second-order valence-corrected chi connectivity index (χ2v) is 4.27. The Morgan fingerprint density at radius 1 is 1.26 bits per heavy atom. The number of aliphatic hydroxyl groups is 1. The number of carbonyl (C=O) groups is 1. The van der Waals surface area contributed by atoms with E-state index in [1.165, 1.54) is 26.4 Å². The van der Waals surface area contributed by atoms with Gasteiger partial charge in [-0.25, -0.2) is 0 Å². The number of ketones is 1. The van der Waals surface area contributed by atoms with E-state index < -0.39 is 11.7 Å². The molecule has 2 unspecified atom stereocenters. The highest BCUT2D eigenvalue weighted by atomic mass is 16.6. The van der Waals surface area contributed by atoms with Crippen LogP contribution < -0.4 is 0 Å². The molecule has 2 atom stereocenters. The lowest BCUT2D eigenvalue weighted by Crippen LogP contribution is -2.32. The molecule has 0 amide bonds. The molecule has 4 nitrogen and oxygen atoms in total. The quantitative estimate of drug-likeness (QED) is 0.510. The van der Waals surface area contributed by atoms with Crippen molar-refractivity contribution in [1.29, 1.82) is 0 Å². The Morgan fingerprint density at radius 2 is 1.95 bits per heavy atom. The van der Waals surface area contributed by atoms with Crippen LogP contribution in [-0.2, 0) is 9.47 Å². The van der Waals surface area contributed by atoms with Crippen LogP contribution in [0.5, 0.6) is 0 Å². The predicted molar refractivity (Wildman–Crippen MR) is 70.5 cm³/mol. The molecule has 1 aromatic carbocycles. The Kier molecular flexibility index (Phi) is 3.83. The van der Waals surface area contributed by atoms with Crippen LogP contribution in [-0.4, -0.2) is 30.9 Å². The Morgan fingerprint density at radius 3 is 2.53 bits per heavy atom. The van der Waals surface area contributed by atoms with Gasteiger partial charge in [0, 0.05) is 18.7 Å². The lowest BCUT2D eigenvalue weighted by atomic mass is 9.90. The Balaban J connectivity index is 2.29. The van der Waals surface area contributed by atoms with Crippen molar-refractivity contribution >= 4 is 5.78 Å². The molecule has 1 aromatic rings. The van der Waals surface area contributed by atoms with Crippen LogP contribution in [0.25, 0.3) is 0 Å². The maximum atomic E-state index is 12.4. The van der Waals surface area contributed by atoms with Crippen molar-refractivity contribution in [3.05, 3.63) is 59.9 Å². The van der Waals surface area contributed by atoms with E-state index in [2.05, 4.69) is 0 Å². The van der Waals surface area contributed by atoms with Crippen LogP contribution in [0.15, 0.2) is 54.3 Å². The van der Waals surface area contributed by atoms with Crippen LogP contribution in [0.3, 0.4) is 0 Å². The van der Waals surface area contributed by atoms with Gasteiger partial charge >= 0.3 is 0 Å². The molecule has 19 heavy (non-hydrogen) atoms. The summed E-state index contributed by atoms with van der Waals surface area (Å²) in [6, 6.07) is 8.97. The molecule has 0 bridgehead atoms. The maximum Gasteiger partial charge on any atom is 0.208 e. The highest BCUT2D eigenvalue weighted by Gasteiger charge is 2.32. The van der Waals surface area contributed by atoms with E-state index in [9.17, 15) is 9.90 Å². The normalized spacial score (nSPS) is 25.8. The summed E-state index contributed by atoms with van der Waals surface area (Å²) in [5.74, 6) is -1.76. The van der Waals surface area contributed by atoms with Crippen LogP contribution in [0, 0.1) is 5.92 Å². The molecule has 0 aromatic heterocycles. The fraction of sp³-hybridized carbons (Fsp3) is 0.267. The molecule has 0 aliphatic heterocycles. The van der Waals surface area contributed by atoms with E-state index in [0.29, 0.717) is 11.3 Å². The summed E-state index contributed by atoms with van der Waals surface area (Å²) in [5, 5.41) is 9.97. The third-order valence-electron chi connectivity index (χ3n) is 3.09. The van der Waals surface area contributed by atoms with E-state index in [1.807, 2.05) is 18.2 Å². The van der Waals surface area contributed by atoms with Crippen molar-refractivity contribution in [2.75, 3.05) is 14.2 Å². The fourth-order valence-electron chi connectivity index (χ4n) is 1.98. The lowest BCUT2D eigenvalue weighted by molar-refractivity contribution is -0.110. The fourth-order valence-corrected chi connectivity index (χ4v) is 1.98. The smallest absolute Gasteiger partial charge is 0.208 e. The number of carbonyl (C=O) groups excluding carboxylic acids is 1. The van der Waals surface area contributed by atoms with Gasteiger partial charge in [0.1, 0.15) is 5.76 Å². The molecule has 0 saturated heterocycles. The first-order chi connectivity index (χ1) is 9.09. The molecule has 1 N–H and O–H groups in total. The van der Waals surface area contributed by atoms with Gasteiger partial charge < -0.3 is 14.6 Å². The summed E-state index contributed by atoms with van der Waals surface area (Å²) in [7, 11) is 2.85. The van der Waals surface area contributed by atoms with Gasteiger partial charge in [0.25, 0.3) is 0 Å². The molecule has 0 fully saturated rings. The summed E-state index contributed by atoms with van der Waals surface area (Å²) < 4.78 is 10.1. The predicted octanol–water partition coefficient (Wildman–Crippen LogP) is 1.92. The number of benzene rings is 1. The summed E-state index contributed by atoms with van der Waals surface area (Å²) in [6.07, 6.45) is 4.44. The Labute approximate surface area is 112 Å². The second-order valence-electron chi connectivity index (χ2n) is 4.27. The molecular weight excluding hydrogens is 244 g/mol. The zero-order valence-corrected chi connectivity index (χ0v) is 10.9. The first-order valence-corrected chi connectivity index (χ1v) is 5.92. The van der Waals surface area contributed by atoms with Gasteiger partial charge in [0.15, 0.2) is 5.78 Å². The van der Waals surface area contributed by atoms with Gasteiger partial charge in [-0.2, -0.15) is 0 Å². The largest absolute Gasteiger partial charge is 0.500 e. The minimum absolute atomic E-state index is 0.0805. The van der Waals surface area contributed by atoms with Gasteiger partial charge in [-0.1, -0.05) is 36.4 Å². The van der Waals surface area contributed by atoms with Crippen molar-refractivity contribution in [2.45, 2.75) is 5.79 Å². The van der Waals surface area contributed by atoms with Gasteiger partial charge in [0.2, 0.25) is 5.79 Å². The third kappa shape index (κ3) is 2.75. The topological polar surface area (TPSA) is 55.8 Å². The maximum absolute atomic E-state index is 12.4. The van der Waals surface area contributed by atoms with Crippen LogP contribution in [0.4, 0.5) is 0 Å². The van der Waals surface area contributed by atoms with Gasteiger partial charge in [-0.3, -0.25) is 4.79 Å². The van der Waals surface area contributed by atoms with Crippen LogP contribution in [0.1, 0.15) is 10.4 Å². The van der Waals surface area contributed by atoms with E-state index >= 15 is 0 Å². The SMILES string of the molecule is COC1=CC(O)(OC)C=CC1C(=O)c1ccccc1. The standard InChI is InChI=1S/C15H16O4/c1-18-13-10-15(17,19-2)9-8-12(13)14(16)11-6-4-3-5-7-11/h3-10,12,17H,1-2H3. The molecule has 0 radical (unpaired) electrons. The highest BCUT2D eigenvalue weighted by molar-refractivity contribution is 6.00. The Hall–Kier alpha value is -1.91. The van der Waals surface area contributed by atoms with Crippen molar-refractivity contribution in [1.82, 2.24) is 0 Å². The summed E-state index contributed by atoms with van der Waals surface area (Å²) in [6.45, 7) is 0. The summed E-state index contributed by atoms with van der Waals surface area (Å²) in [4.78, 5) is 12.4. The molecule has 1 aliphatic carbocycles. The third-order valence-corrected chi connectivity index (χ3v) is 3.09. The number of hydrogen-bond donors (Lipinski definition) is 1. The molecule has 2 rings (SSSR count). The van der Waals surface area contributed by atoms with Crippen molar-refractivity contribution in [3.8, 4) is 0 Å². The van der Waals surface area contributed by atoms with E-state index in [-0.39, 0.29) is 5.78 Å². The zero-order chi connectivity index (χ0) is 13.9. The lowest BCUT2D eigenvalue weighted by Gasteiger charge is -2.27. The van der Waals surface area contributed by atoms with Gasteiger partial charge in [-0.05, 0) is 6.08 Å². The highest BCUT2D eigenvalue weighted by Crippen LogP contribution is 2.28. The molecule has 0 heterocycles. The molecule has 100 valence electrons. The van der Waals surface area contributed by atoms with Crippen molar-refractivity contribution in [3.63, 3.8) is 0 Å². The molecule has 1 aliphatic rings. The second kappa shape index (κ2) is 5.38. The first kappa shape index (κ1) is 13.5. The number of Topliss-reactive ketones (excluding diaryl/α,β-unsaturated/α-hetero) is 1. The van der Waals surface area contributed by atoms with E-state index in [4.69, 9.17) is 9.47 Å². The summed E-state index contributed by atoms with van der Waals surface area (Å²) in [5.41, 5.74) is 0.600. The monoisotopic (exact) mass is 260 g/mol. The van der Waals surface area contributed by atoms with Gasteiger partial charge in [-0.15, -0.1) is 0 Å². The minimum atomic E-state index is -1.52. The molecular formula is C15H16O4. The van der Waals surface area contributed by atoms with Gasteiger partial charge in [0.05, 0.1) is 13.0 Å². The average Bonchev–Trinajstić information content (AvgIpc) is 2.47. The first-order valence-electron chi connectivity index (χ1n) is 5.92. The number of rotatable bonds is 4. The Bertz CT molecular complexity index is 518. The van der Waals surface area contributed by atoms with E-state index in [0.717, 1.165) is 0 Å². The van der Waals surface area contributed by atoms with Crippen LogP contribution in [0.2, 0.25) is 0 Å². The number of allylic oxidation sites excluding steroid dienone is 1. The molecule has 4 heteroatoms. The van der Waals surface area contributed by atoms with Crippen molar-refractivity contribution < 1.29 is 19.4 Å².